The van der Waals surface area contributed by atoms with Crippen LogP contribution in [0.15, 0.2) is 30.3 Å². The maximum absolute atomic E-state index is 8.72. The highest BCUT2D eigenvalue weighted by Crippen LogP contribution is 2.20. The molecule has 5 nitrogen and oxygen atoms in total. The first-order chi connectivity index (χ1) is 6.74. The van der Waals surface area contributed by atoms with E-state index in [1.165, 1.54) is 0 Å². The second-order valence-electron chi connectivity index (χ2n) is 2.63. The minimum atomic E-state index is -0.278. The van der Waals surface area contributed by atoms with Crippen molar-refractivity contribution in [2.24, 2.45) is 11.7 Å². The first kappa shape index (κ1) is 11.4. The molecule has 6 heteroatoms. The molecule has 0 aliphatic heterocycles. The zero-order valence-electron chi connectivity index (χ0n) is 7.54. The molecule has 0 spiro atoms. The molecule has 0 heterocycles. The van der Waals surface area contributed by atoms with Crippen molar-refractivity contribution in [1.82, 2.24) is 4.58 Å². The Labute approximate surface area is 86.6 Å². The van der Waals surface area contributed by atoms with Crippen molar-refractivity contribution in [3.8, 4) is 0 Å². The Morgan fingerprint density at radius 2 is 2.07 bits per heavy atom. The SMILES string of the molecule is NOC(CSN(N)O)c1ccccc1. The van der Waals surface area contributed by atoms with Crippen LogP contribution in [-0.4, -0.2) is 15.5 Å². The molecule has 0 bridgehead atoms. The lowest BCUT2D eigenvalue weighted by molar-refractivity contribution is 0.0134. The number of hydrogen-bond donors (Lipinski definition) is 3. The molecule has 0 amide bonds. The molecule has 5 N–H and O–H groups in total. The van der Waals surface area contributed by atoms with Gasteiger partial charge in [-0.05, 0) is 17.5 Å². The van der Waals surface area contributed by atoms with Crippen LogP contribution >= 0.6 is 11.9 Å². The Morgan fingerprint density at radius 1 is 1.43 bits per heavy atom. The highest BCUT2D eigenvalue weighted by molar-refractivity contribution is 7.96. The quantitative estimate of drug-likeness (QED) is 0.383. The molecule has 1 unspecified atom stereocenters. The molecule has 1 aromatic carbocycles. The lowest BCUT2D eigenvalue weighted by Gasteiger charge is -2.15. The van der Waals surface area contributed by atoms with E-state index in [1.807, 2.05) is 30.3 Å². The molecule has 14 heavy (non-hydrogen) atoms. The van der Waals surface area contributed by atoms with E-state index in [1.54, 1.807) is 0 Å². The number of hydrazine groups is 1. The summed E-state index contributed by atoms with van der Waals surface area (Å²) in [5.41, 5.74) is 0.948. The van der Waals surface area contributed by atoms with Gasteiger partial charge in [-0.15, -0.1) is 0 Å². The largest absolute Gasteiger partial charge is 0.296 e. The van der Waals surface area contributed by atoms with Crippen LogP contribution in [0, 0.1) is 0 Å². The lowest BCUT2D eigenvalue weighted by Crippen LogP contribution is -2.21. The van der Waals surface area contributed by atoms with E-state index in [2.05, 4.69) is 0 Å². The molecule has 0 radical (unpaired) electrons. The van der Waals surface area contributed by atoms with Gasteiger partial charge in [0.15, 0.2) is 0 Å². The molecule has 1 aromatic rings. The van der Waals surface area contributed by atoms with Crippen LogP contribution in [0.4, 0.5) is 0 Å². The number of rotatable bonds is 5. The van der Waals surface area contributed by atoms with Gasteiger partial charge in [0, 0.05) is 5.75 Å². The van der Waals surface area contributed by atoms with Crippen LogP contribution in [0.1, 0.15) is 11.7 Å². The van der Waals surface area contributed by atoms with Gasteiger partial charge >= 0.3 is 0 Å². The van der Waals surface area contributed by atoms with Gasteiger partial charge in [-0.2, -0.15) is 0 Å². The van der Waals surface area contributed by atoms with Crippen LogP contribution in [0.2, 0.25) is 0 Å². The van der Waals surface area contributed by atoms with E-state index in [0.29, 0.717) is 10.3 Å². The molecule has 0 aromatic heterocycles. The first-order valence-corrected chi connectivity index (χ1v) is 4.95. The zero-order valence-corrected chi connectivity index (χ0v) is 8.35. The third-order valence-corrected chi connectivity index (χ3v) is 2.41. The fraction of sp³-hybridized carbons (Fsp3) is 0.250. The fourth-order valence-electron chi connectivity index (χ4n) is 1.03. The lowest BCUT2D eigenvalue weighted by atomic mass is 10.1. The summed E-state index contributed by atoms with van der Waals surface area (Å²) in [4.78, 5) is 4.77. The molecule has 0 saturated carbocycles. The summed E-state index contributed by atoms with van der Waals surface area (Å²) in [6, 6.07) is 9.49. The fourth-order valence-corrected chi connectivity index (χ4v) is 1.58. The molecule has 0 fully saturated rings. The van der Waals surface area contributed by atoms with Gasteiger partial charge in [-0.1, -0.05) is 34.9 Å². The summed E-state index contributed by atoms with van der Waals surface area (Å²) in [6.07, 6.45) is -0.278. The van der Waals surface area contributed by atoms with Crippen molar-refractivity contribution >= 4 is 11.9 Å². The van der Waals surface area contributed by atoms with E-state index in [4.69, 9.17) is 21.8 Å². The first-order valence-electron chi connectivity index (χ1n) is 4.01. The molecule has 0 aliphatic carbocycles. The maximum atomic E-state index is 8.72. The van der Waals surface area contributed by atoms with Gasteiger partial charge < -0.3 is 0 Å². The average molecular weight is 215 g/mol. The number of nitrogens with two attached hydrogens (primary N) is 2. The average Bonchev–Trinajstić information content (AvgIpc) is 2.20. The van der Waals surface area contributed by atoms with E-state index >= 15 is 0 Å². The Balaban J connectivity index is 2.54. The van der Waals surface area contributed by atoms with E-state index < -0.39 is 0 Å². The smallest absolute Gasteiger partial charge is 0.114 e. The van der Waals surface area contributed by atoms with Crippen LogP contribution in [-0.2, 0) is 4.84 Å². The predicted molar refractivity (Wildman–Crippen MR) is 54.7 cm³/mol. The number of benzene rings is 1. The number of hydrogen-bond acceptors (Lipinski definition) is 6. The summed E-state index contributed by atoms with van der Waals surface area (Å²) >= 11 is 1.02. The molecule has 1 rings (SSSR count). The second kappa shape index (κ2) is 5.97. The van der Waals surface area contributed by atoms with Crippen molar-refractivity contribution in [3.63, 3.8) is 0 Å². The minimum absolute atomic E-state index is 0.278. The monoisotopic (exact) mass is 215 g/mol. The summed E-state index contributed by atoms with van der Waals surface area (Å²) < 4.78 is 0.537. The van der Waals surface area contributed by atoms with Gasteiger partial charge in [-0.25, -0.2) is 11.7 Å². The molecule has 78 valence electrons. The Hall–Kier alpha value is -0.630. The second-order valence-corrected chi connectivity index (χ2v) is 3.60. The normalized spacial score (nSPS) is 13.1. The summed E-state index contributed by atoms with van der Waals surface area (Å²) in [5.74, 6) is 10.6. The summed E-state index contributed by atoms with van der Waals surface area (Å²) in [6.45, 7) is 0. The van der Waals surface area contributed by atoms with E-state index in [0.717, 1.165) is 17.5 Å². The van der Waals surface area contributed by atoms with E-state index in [9.17, 15) is 0 Å². The van der Waals surface area contributed by atoms with Crippen LogP contribution in [0.5, 0.6) is 0 Å². The molecule has 1 atom stereocenters. The summed E-state index contributed by atoms with van der Waals surface area (Å²) in [5, 5.41) is 8.72. The Morgan fingerprint density at radius 3 is 2.57 bits per heavy atom. The van der Waals surface area contributed by atoms with Crippen LogP contribution < -0.4 is 11.7 Å². The maximum Gasteiger partial charge on any atom is 0.114 e. The minimum Gasteiger partial charge on any atom is -0.296 e. The predicted octanol–water partition coefficient (Wildman–Crippen LogP) is 0.831. The number of nitrogens with zero attached hydrogens (tertiary/aromatic N) is 1. The standard InChI is InChI=1S/C8H13N3O2S/c9-11(12)14-6-8(13-10)7-4-2-1-3-5-7/h1-5,8,12H,6,9-10H2. The molecule has 0 saturated heterocycles. The third-order valence-electron chi connectivity index (χ3n) is 1.69. The van der Waals surface area contributed by atoms with Gasteiger partial charge in [0.25, 0.3) is 0 Å². The van der Waals surface area contributed by atoms with Gasteiger partial charge in [0.05, 0.1) is 0 Å². The Bertz CT molecular complexity index is 258. The molecular weight excluding hydrogens is 202 g/mol. The Kier molecular flexibility index (Phi) is 4.88. The van der Waals surface area contributed by atoms with Crippen molar-refractivity contribution in [1.29, 1.82) is 0 Å². The van der Waals surface area contributed by atoms with Crippen molar-refractivity contribution < 1.29 is 10.0 Å². The van der Waals surface area contributed by atoms with E-state index in [-0.39, 0.29) is 6.10 Å². The highest BCUT2D eigenvalue weighted by atomic mass is 32.2. The highest BCUT2D eigenvalue weighted by Gasteiger charge is 2.11. The third kappa shape index (κ3) is 3.62. The molecular formula is C8H13N3O2S. The van der Waals surface area contributed by atoms with Crippen molar-refractivity contribution in [3.05, 3.63) is 35.9 Å². The van der Waals surface area contributed by atoms with Gasteiger partial charge in [0.2, 0.25) is 0 Å². The van der Waals surface area contributed by atoms with Crippen LogP contribution in [0.3, 0.4) is 0 Å². The van der Waals surface area contributed by atoms with Crippen molar-refractivity contribution in [2.45, 2.75) is 6.10 Å². The zero-order chi connectivity index (χ0) is 10.4. The summed E-state index contributed by atoms with van der Waals surface area (Å²) in [7, 11) is 0. The molecule has 0 aliphatic rings. The van der Waals surface area contributed by atoms with Gasteiger partial charge in [0.1, 0.15) is 6.10 Å². The van der Waals surface area contributed by atoms with Gasteiger partial charge in [-0.3, -0.25) is 10.0 Å². The topological polar surface area (TPSA) is 84.7 Å². The van der Waals surface area contributed by atoms with Crippen molar-refractivity contribution in [2.75, 3.05) is 5.75 Å². The van der Waals surface area contributed by atoms with Crippen LogP contribution in [0.25, 0.3) is 0 Å².